The first-order chi connectivity index (χ1) is 8.63. The third-order valence-electron chi connectivity index (χ3n) is 2.66. The van der Waals surface area contributed by atoms with Crippen molar-refractivity contribution < 1.29 is 13.5 Å². The van der Waals surface area contributed by atoms with Crippen LogP contribution in [-0.4, -0.2) is 7.11 Å². The summed E-state index contributed by atoms with van der Waals surface area (Å²) < 4.78 is 32.3. The molecule has 1 nitrogen and oxygen atoms in total. The molecule has 0 heterocycles. The van der Waals surface area contributed by atoms with Gasteiger partial charge >= 0.3 is 0 Å². The Kier molecular flexibility index (Phi) is 3.82. The van der Waals surface area contributed by atoms with Gasteiger partial charge in [-0.1, -0.05) is 24.3 Å². The van der Waals surface area contributed by atoms with Crippen LogP contribution in [0.15, 0.2) is 42.5 Å². The van der Waals surface area contributed by atoms with Crippen molar-refractivity contribution in [1.82, 2.24) is 0 Å². The molecule has 0 aliphatic heterocycles. The van der Waals surface area contributed by atoms with E-state index in [-0.39, 0.29) is 11.1 Å². The first kappa shape index (κ1) is 12.8. The van der Waals surface area contributed by atoms with Gasteiger partial charge in [0.25, 0.3) is 0 Å². The van der Waals surface area contributed by atoms with Gasteiger partial charge in [0.15, 0.2) is 0 Å². The Morgan fingerprint density at radius 1 is 1.00 bits per heavy atom. The van der Waals surface area contributed by atoms with Crippen molar-refractivity contribution in [3.63, 3.8) is 0 Å². The van der Waals surface area contributed by atoms with Gasteiger partial charge in [-0.25, -0.2) is 8.78 Å². The molecule has 2 aromatic carbocycles. The van der Waals surface area contributed by atoms with Crippen LogP contribution in [0, 0.1) is 11.6 Å². The highest BCUT2D eigenvalue weighted by Gasteiger charge is 2.18. The van der Waals surface area contributed by atoms with Gasteiger partial charge in [0.1, 0.15) is 17.4 Å². The van der Waals surface area contributed by atoms with E-state index in [0.29, 0.717) is 5.75 Å². The van der Waals surface area contributed by atoms with Crippen LogP contribution in [0.3, 0.4) is 0 Å². The topological polar surface area (TPSA) is 9.23 Å². The molecule has 0 spiro atoms. The van der Waals surface area contributed by atoms with Gasteiger partial charge < -0.3 is 4.74 Å². The molecule has 0 aliphatic rings. The maximum atomic E-state index is 13.8. The molecule has 2 rings (SSSR count). The number of ether oxygens (including phenoxy) is 1. The number of halogens is 3. The normalized spacial score (nSPS) is 12.2. The van der Waals surface area contributed by atoms with E-state index in [9.17, 15) is 8.78 Å². The van der Waals surface area contributed by atoms with Crippen molar-refractivity contribution in [3.05, 3.63) is 65.2 Å². The van der Waals surface area contributed by atoms with E-state index < -0.39 is 17.0 Å². The fraction of sp³-hybridized carbons (Fsp3) is 0.143. The zero-order valence-corrected chi connectivity index (χ0v) is 10.4. The number of methoxy groups -OCH3 is 1. The van der Waals surface area contributed by atoms with Gasteiger partial charge in [-0.2, -0.15) is 0 Å². The minimum Gasteiger partial charge on any atom is -0.497 e. The second-order valence-corrected chi connectivity index (χ2v) is 4.21. The Bertz CT molecular complexity index is 557. The number of hydrogen-bond acceptors (Lipinski definition) is 1. The lowest BCUT2D eigenvalue weighted by atomic mass is 10.0. The van der Waals surface area contributed by atoms with Gasteiger partial charge in [-0.05, 0) is 12.1 Å². The van der Waals surface area contributed by atoms with Gasteiger partial charge in [-0.3, -0.25) is 0 Å². The second-order valence-electron chi connectivity index (χ2n) is 3.77. The Labute approximate surface area is 109 Å². The summed E-state index contributed by atoms with van der Waals surface area (Å²) in [5.41, 5.74) is 0.478. The molecule has 18 heavy (non-hydrogen) atoms. The average molecular weight is 269 g/mol. The van der Waals surface area contributed by atoms with Crippen molar-refractivity contribution in [2.24, 2.45) is 0 Å². The summed E-state index contributed by atoms with van der Waals surface area (Å²) in [6.45, 7) is 0. The molecule has 94 valence electrons. The number of hydrogen-bond donors (Lipinski definition) is 0. The molecule has 0 saturated heterocycles. The Balaban J connectivity index is 2.40. The van der Waals surface area contributed by atoms with Gasteiger partial charge in [0.2, 0.25) is 0 Å². The molecule has 4 heteroatoms. The molecule has 1 unspecified atom stereocenters. The first-order valence-corrected chi connectivity index (χ1v) is 5.79. The summed E-state index contributed by atoms with van der Waals surface area (Å²) in [5, 5.41) is -0.864. The summed E-state index contributed by atoms with van der Waals surface area (Å²) in [6, 6.07) is 10.4. The largest absolute Gasteiger partial charge is 0.497 e. The highest BCUT2D eigenvalue weighted by molar-refractivity contribution is 6.22. The molecular weight excluding hydrogens is 258 g/mol. The van der Waals surface area contributed by atoms with E-state index in [1.807, 2.05) is 0 Å². The summed E-state index contributed by atoms with van der Waals surface area (Å²) in [7, 11) is 1.45. The molecule has 0 N–H and O–H groups in total. The molecule has 0 aromatic heterocycles. The van der Waals surface area contributed by atoms with Crippen LogP contribution in [0.5, 0.6) is 5.75 Å². The Morgan fingerprint density at radius 3 is 2.28 bits per heavy atom. The molecule has 0 fully saturated rings. The number of alkyl halides is 1. The zero-order valence-electron chi connectivity index (χ0n) is 9.66. The minimum absolute atomic E-state index is 0.225. The smallest absolute Gasteiger partial charge is 0.131 e. The highest BCUT2D eigenvalue weighted by Crippen LogP contribution is 2.33. The van der Waals surface area contributed by atoms with E-state index in [4.69, 9.17) is 16.3 Å². The summed E-state index contributed by atoms with van der Waals surface area (Å²) >= 11 is 6.12. The van der Waals surface area contributed by atoms with Crippen molar-refractivity contribution in [1.29, 1.82) is 0 Å². The van der Waals surface area contributed by atoms with Crippen molar-refractivity contribution in [3.8, 4) is 5.75 Å². The van der Waals surface area contributed by atoms with Crippen molar-refractivity contribution in [2.75, 3.05) is 7.11 Å². The van der Waals surface area contributed by atoms with E-state index in [1.165, 1.54) is 31.4 Å². The number of rotatable bonds is 3. The maximum Gasteiger partial charge on any atom is 0.131 e. The van der Waals surface area contributed by atoms with Crippen LogP contribution in [0.25, 0.3) is 0 Å². The maximum absolute atomic E-state index is 13.8. The van der Waals surface area contributed by atoms with Crippen LogP contribution >= 0.6 is 11.6 Å². The fourth-order valence-corrected chi connectivity index (χ4v) is 2.04. The van der Waals surface area contributed by atoms with E-state index in [0.717, 1.165) is 0 Å². The molecule has 0 saturated carbocycles. The highest BCUT2D eigenvalue weighted by atomic mass is 35.5. The average Bonchev–Trinajstić information content (AvgIpc) is 2.38. The second kappa shape index (κ2) is 5.36. The predicted octanol–water partition coefficient (Wildman–Crippen LogP) is 4.30. The number of benzene rings is 2. The quantitative estimate of drug-likeness (QED) is 0.754. The minimum atomic E-state index is -0.864. The zero-order chi connectivity index (χ0) is 13.1. The summed E-state index contributed by atoms with van der Waals surface area (Å²) in [6.07, 6.45) is 0. The third-order valence-corrected chi connectivity index (χ3v) is 3.13. The van der Waals surface area contributed by atoms with Crippen LogP contribution in [0.1, 0.15) is 16.5 Å². The lowest BCUT2D eigenvalue weighted by Crippen LogP contribution is -2.00. The predicted molar refractivity (Wildman–Crippen MR) is 67.0 cm³/mol. The van der Waals surface area contributed by atoms with Crippen LogP contribution in [0.2, 0.25) is 0 Å². The first-order valence-electron chi connectivity index (χ1n) is 5.35. The van der Waals surface area contributed by atoms with Crippen LogP contribution in [0.4, 0.5) is 8.78 Å². The van der Waals surface area contributed by atoms with Crippen molar-refractivity contribution >= 4 is 11.6 Å². The lowest BCUT2D eigenvalue weighted by molar-refractivity contribution is 0.410. The molecule has 2 aromatic rings. The molecular formula is C14H11ClF2O. The molecule has 0 amide bonds. The summed E-state index contributed by atoms with van der Waals surface area (Å²) in [5.74, 6) is -0.570. The van der Waals surface area contributed by atoms with Gasteiger partial charge in [0.05, 0.1) is 12.5 Å². The van der Waals surface area contributed by atoms with E-state index >= 15 is 0 Å². The monoisotopic (exact) mass is 268 g/mol. The van der Waals surface area contributed by atoms with Crippen LogP contribution < -0.4 is 4.74 Å². The molecule has 0 radical (unpaired) electrons. The van der Waals surface area contributed by atoms with Gasteiger partial charge in [0, 0.05) is 17.2 Å². The summed E-state index contributed by atoms with van der Waals surface area (Å²) in [4.78, 5) is 0. The third kappa shape index (κ3) is 2.46. The van der Waals surface area contributed by atoms with E-state index in [2.05, 4.69) is 0 Å². The molecule has 1 atom stereocenters. The Hall–Kier alpha value is -1.61. The van der Waals surface area contributed by atoms with E-state index in [1.54, 1.807) is 18.2 Å². The fourth-order valence-electron chi connectivity index (χ4n) is 1.69. The molecule has 0 aliphatic carbocycles. The Morgan fingerprint density at radius 2 is 1.67 bits per heavy atom. The van der Waals surface area contributed by atoms with Gasteiger partial charge in [-0.15, -0.1) is 11.6 Å². The van der Waals surface area contributed by atoms with Crippen LogP contribution in [-0.2, 0) is 0 Å². The lowest BCUT2D eigenvalue weighted by Gasteiger charge is -2.13. The molecule has 0 bridgehead atoms. The SMILES string of the molecule is COc1ccc(C(Cl)c2ccccc2F)c(F)c1. The standard InChI is InChI=1S/C14H11ClF2O/c1-18-9-6-7-11(13(17)8-9)14(15)10-4-2-3-5-12(10)16/h2-8,14H,1H3. The van der Waals surface area contributed by atoms with Crippen molar-refractivity contribution in [2.45, 2.75) is 5.38 Å².